The predicted molar refractivity (Wildman–Crippen MR) is 61.8 cm³/mol. The highest BCUT2D eigenvalue weighted by atomic mass is 16.5. The molecule has 6 heteroatoms. The van der Waals surface area contributed by atoms with Crippen LogP contribution in [0.2, 0.25) is 0 Å². The summed E-state index contributed by atoms with van der Waals surface area (Å²) < 4.78 is 9.12. The van der Waals surface area contributed by atoms with Crippen molar-refractivity contribution in [1.82, 2.24) is 0 Å². The summed E-state index contributed by atoms with van der Waals surface area (Å²) in [5, 5.41) is 0. The van der Waals surface area contributed by atoms with Crippen LogP contribution >= 0.6 is 0 Å². The van der Waals surface area contributed by atoms with Crippen molar-refractivity contribution in [3.63, 3.8) is 0 Å². The third-order valence-corrected chi connectivity index (χ3v) is 3.42. The molecule has 0 N–H and O–H groups in total. The summed E-state index contributed by atoms with van der Waals surface area (Å²) in [6, 6.07) is 0. The third kappa shape index (κ3) is 2.89. The lowest BCUT2D eigenvalue weighted by Gasteiger charge is -2.08. The molecule has 0 aromatic rings. The van der Waals surface area contributed by atoms with E-state index in [9.17, 15) is 19.2 Å². The largest absolute Gasteiger partial charge is 0.466 e. The van der Waals surface area contributed by atoms with Crippen molar-refractivity contribution in [3.8, 4) is 0 Å². The average Bonchev–Trinajstić information content (AvgIpc) is 3.15. The van der Waals surface area contributed by atoms with Gasteiger partial charge in [-0.25, -0.2) is 9.59 Å². The minimum atomic E-state index is -0.701. The molecule has 0 bridgehead atoms. The quantitative estimate of drug-likeness (QED) is 0.397. The first kappa shape index (κ1) is 13.5. The van der Waals surface area contributed by atoms with Crippen LogP contribution in [0.25, 0.3) is 0 Å². The zero-order valence-corrected chi connectivity index (χ0v) is 10.5. The molecule has 2 fully saturated rings. The molecule has 0 amide bonds. The number of carbonyl (C=O) groups is 4. The lowest BCUT2D eigenvalue weighted by Crippen LogP contribution is -2.21. The van der Waals surface area contributed by atoms with E-state index >= 15 is 0 Å². The number of Topliss-reactive ketones (excluding diaryl/α,β-unsaturated/α-hetero) is 2. The second kappa shape index (κ2) is 5.34. The van der Waals surface area contributed by atoms with E-state index < -0.39 is 17.9 Å². The number of methoxy groups -OCH3 is 1. The maximum absolute atomic E-state index is 11.7. The van der Waals surface area contributed by atoms with E-state index in [1.54, 1.807) is 0 Å². The fourth-order valence-electron chi connectivity index (χ4n) is 2.30. The van der Waals surface area contributed by atoms with Gasteiger partial charge in [-0.3, -0.25) is 9.59 Å². The fourth-order valence-corrected chi connectivity index (χ4v) is 2.30. The van der Waals surface area contributed by atoms with E-state index in [0.29, 0.717) is 6.42 Å². The second-order valence-electron chi connectivity index (χ2n) is 4.62. The Balaban J connectivity index is 1.71. The summed E-state index contributed by atoms with van der Waals surface area (Å²) in [5.41, 5.74) is 0. The van der Waals surface area contributed by atoms with Gasteiger partial charge in [0, 0.05) is 24.0 Å². The Bertz CT molecular complexity index is 444. The number of rotatable bonds is 5. The fraction of sp³-hybridized carbons (Fsp3) is 0.538. The van der Waals surface area contributed by atoms with Crippen molar-refractivity contribution >= 4 is 23.5 Å². The second-order valence-corrected chi connectivity index (χ2v) is 4.62. The molecule has 0 radical (unpaired) electrons. The van der Waals surface area contributed by atoms with Crippen molar-refractivity contribution in [2.24, 2.45) is 17.8 Å². The Labute approximate surface area is 109 Å². The van der Waals surface area contributed by atoms with Gasteiger partial charge in [-0.1, -0.05) is 0 Å². The van der Waals surface area contributed by atoms with E-state index in [4.69, 9.17) is 4.74 Å². The van der Waals surface area contributed by atoms with E-state index in [0.717, 1.165) is 12.2 Å². The number of carbonyl (C=O) groups excluding carboxylic acids is 4. The van der Waals surface area contributed by atoms with Crippen molar-refractivity contribution in [3.05, 3.63) is 12.2 Å². The van der Waals surface area contributed by atoms with Crippen LogP contribution < -0.4 is 0 Å². The molecule has 0 saturated heterocycles. The van der Waals surface area contributed by atoms with Gasteiger partial charge in [-0.05, 0) is 12.8 Å². The molecule has 2 unspecified atom stereocenters. The molecule has 2 aliphatic rings. The van der Waals surface area contributed by atoms with Gasteiger partial charge in [0.1, 0.15) is 11.6 Å². The summed E-state index contributed by atoms with van der Waals surface area (Å²) in [7, 11) is 1.20. The number of esters is 2. The van der Waals surface area contributed by atoms with Gasteiger partial charge in [0.05, 0.1) is 19.6 Å². The summed E-state index contributed by atoms with van der Waals surface area (Å²) >= 11 is 0. The monoisotopic (exact) mass is 266 g/mol. The molecule has 0 aliphatic heterocycles. The third-order valence-electron chi connectivity index (χ3n) is 3.42. The lowest BCUT2D eigenvalue weighted by molar-refractivity contribution is -0.141. The van der Waals surface area contributed by atoms with E-state index in [1.807, 2.05) is 0 Å². The minimum absolute atomic E-state index is 0.00800. The first-order chi connectivity index (χ1) is 9.04. The van der Waals surface area contributed by atoms with Gasteiger partial charge in [-0.2, -0.15) is 0 Å². The zero-order valence-electron chi connectivity index (χ0n) is 10.5. The van der Waals surface area contributed by atoms with Gasteiger partial charge in [0.25, 0.3) is 0 Å². The van der Waals surface area contributed by atoms with Crippen LogP contribution in [0.15, 0.2) is 12.2 Å². The lowest BCUT2D eigenvalue weighted by atomic mass is 9.98. The smallest absolute Gasteiger partial charge is 0.331 e. The number of ether oxygens (including phenoxy) is 2. The molecule has 6 nitrogen and oxygen atoms in total. The SMILES string of the molecule is COC(=O)C=CC(=O)OCCC1C(=O)C2CC2C1=O. The highest BCUT2D eigenvalue weighted by Crippen LogP contribution is 2.50. The molecule has 2 rings (SSSR count). The van der Waals surface area contributed by atoms with Gasteiger partial charge in [-0.15, -0.1) is 0 Å². The first-order valence-corrected chi connectivity index (χ1v) is 6.05. The van der Waals surface area contributed by atoms with Gasteiger partial charge >= 0.3 is 11.9 Å². The van der Waals surface area contributed by atoms with Crippen molar-refractivity contribution in [1.29, 1.82) is 0 Å². The van der Waals surface area contributed by atoms with Gasteiger partial charge in [0.2, 0.25) is 0 Å². The molecular formula is C13H14O6. The maximum atomic E-state index is 11.7. The normalized spacial score (nSPS) is 28.4. The zero-order chi connectivity index (χ0) is 14.0. The van der Waals surface area contributed by atoms with Crippen LogP contribution in [-0.2, 0) is 28.7 Å². The Kier molecular flexibility index (Phi) is 3.78. The molecule has 0 aromatic heterocycles. The van der Waals surface area contributed by atoms with Crippen molar-refractivity contribution in [2.75, 3.05) is 13.7 Å². The van der Waals surface area contributed by atoms with Gasteiger partial charge in [0.15, 0.2) is 0 Å². The maximum Gasteiger partial charge on any atom is 0.331 e. The minimum Gasteiger partial charge on any atom is -0.466 e. The molecule has 0 spiro atoms. The molecule has 0 heterocycles. The summed E-state index contributed by atoms with van der Waals surface area (Å²) in [6.45, 7) is -0.00800. The topological polar surface area (TPSA) is 86.7 Å². The summed E-state index contributed by atoms with van der Waals surface area (Å²) in [5.74, 6) is -2.15. The summed E-state index contributed by atoms with van der Waals surface area (Å²) in [6.07, 6.45) is 2.81. The van der Waals surface area contributed by atoms with Crippen LogP contribution in [0.1, 0.15) is 12.8 Å². The van der Waals surface area contributed by atoms with Crippen molar-refractivity contribution < 1.29 is 28.7 Å². The number of ketones is 2. The Morgan fingerprint density at radius 1 is 1.16 bits per heavy atom. The highest BCUT2D eigenvalue weighted by molar-refractivity contribution is 6.14. The average molecular weight is 266 g/mol. The van der Waals surface area contributed by atoms with E-state index in [1.165, 1.54) is 7.11 Å². The Hall–Kier alpha value is -1.98. The van der Waals surface area contributed by atoms with Crippen LogP contribution in [0.4, 0.5) is 0 Å². The van der Waals surface area contributed by atoms with Gasteiger partial charge < -0.3 is 9.47 Å². The molecule has 0 aromatic carbocycles. The molecule has 2 aliphatic carbocycles. The van der Waals surface area contributed by atoms with Crippen LogP contribution in [-0.4, -0.2) is 37.2 Å². The highest BCUT2D eigenvalue weighted by Gasteiger charge is 2.59. The summed E-state index contributed by atoms with van der Waals surface area (Å²) in [4.78, 5) is 45.2. The molecule has 2 atom stereocenters. The van der Waals surface area contributed by atoms with Crippen LogP contribution in [0.3, 0.4) is 0 Å². The predicted octanol–water partition coefficient (Wildman–Crippen LogP) is 0.0530. The van der Waals surface area contributed by atoms with Crippen LogP contribution in [0.5, 0.6) is 0 Å². The molecule has 19 heavy (non-hydrogen) atoms. The van der Waals surface area contributed by atoms with Crippen LogP contribution in [0, 0.1) is 17.8 Å². The Morgan fingerprint density at radius 2 is 1.74 bits per heavy atom. The number of fused-ring (bicyclic) bond motifs is 1. The molecule has 2 saturated carbocycles. The molecule has 102 valence electrons. The molecular weight excluding hydrogens is 252 g/mol. The van der Waals surface area contributed by atoms with Crippen molar-refractivity contribution in [2.45, 2.75) is 12.8 Å². The van der Waals surface area contributed by atoms with E-state index in [2.05, 4.69) is 4.74 Å². The number of hydrogen-bond acceptors (Lipinski definition) is 6. The van der Waals surface area contributed by atoms with E-state index in [-0.39, 0.29) is 36.4 Å². The first-order valence-electron chi connectivity index (χ1n) is 6.05. The number of hydrogen-bond donors (Lipinski definition) is 0. The standard InChI is InChI=1S/C13H14O6/c1-18-10(14)2-3-11(15)19-5-4-7-12(16)8-6-9(8)13(7)17/h2-3,7-9H,4-6H2,1H3. The Morgan fingerprint density at radius 3 is 2.32 bits per heavy atom.